The molecule has 41 heavy (non-hydrogen) atoms. The van der Waals surface area contributed by atoms with E-state index in [0.29, 0.717) is 13.2 Å². The Morgan fingerprint density at radius 1 is 0.683 bits per heavy atom. The second kappa shape index (κ2) is 9.81. The predicted octanol–water partition coefficient (Wildman–Crippen LogP) is 7.64. The Morgan fingerprint density at radius 2 is 1.12 bits per heavy atom. The van der Waals surface area contributed by atoms with Gasteiger partial charge in [-0.25, -0.2) is 9.98 Å². The normalized spacial score (nSPS) is 31.7. The summed E-state index contributed by atoms with van der Waals surface area (Å²) in [6, 6.07) is 21.6. The van der Waals surface area contributed by atoms with E-state index in [9.17, 15) is 0 Å². The lowest BCUT2D eigenvalue weighted by Gasteiger charge is -2.47. The molecular weight excluding hydrogens is 545 g/mol. The van der Waals surface area contributed by atoms with Crippen LogP contribution in [-0.2, 0) is 22.3 Å². The molecule has 0 saturated heterocycles. The van der Waals surface area contributed by atoms with Crippen LogP contribution < -0.4 is 0 Å². The van der Waals surface area contributed by atoms with Gasteiger partial charge in [-0.15, -0.1) is 23.5 Å². The molecule has 2 aliphatic carbocycles. The molecule has 1 saturated carbocycles. The Morgan fingerprint density at radius 3 is 1.56 bits per heavy atom. The van der Waals surface area contributed by atoms with E-state index >= 15 is 0 Å². The summed E-state index contributed by atoms with van der Waals surface area (Å²) >= 11 is 3.90. The van der Waals surface area contributed by atoms with E-state index in [-0.39, 0.29) is 21.6 Å². The number of aliphatic imine (C=N–C) groups is 2. The van der Waals surface area contributed by atoms with Crippen LogP contribution in [0.5, 0.6) is 0 Å². The number of thioether (sulfide) groups is 2. The Labute approximate surface area is 250 Å². The molecule has 0 bridgehead atoms. The number of ether oxygens (including phenoxy) is 2. The fourth-order valence-corrected chi connectivity index (χ4v) is 10.3. The van der Waals surface area contributed by atoms with Crippen molar-refractivity contribution < 1.29 is 9.47 Å². The lowest BCUT2D eigenvalue weighted by molar-refractivity contribution is 0.317. The zero-order valence-corrected chi connectivity index (χ0v) is 25.2. The average molecular weight is 579 g/mol. The zero-order valence-electron chi connectivity index (χ0n) is 23.6. The third-order valence-electron chi connectivity index (χ3n) is 9.46. The number of rotatable bonds is 6. The van der Waals surface area contributed by atoms with Crippen molar-refractivity contribution in [3.63, 3.8) is 0 Å². The highest BCUT2D eigenvalue weighted by Crippen LogP contribution is 2.68. The minimum absolute atomic E-state index is 0.115. The second-order valence-corrected chi connectivity index (χ2v) is 15.0. The molecule has 4 heterocycles. The SMILES string of the molecule is C[C@]12SC(C3=N[C@@H](Cc4ccccc4)CO3)=CC1=C1CCCC1=C1C=C(C3=N[C@@H](Cc4ccccc4)CO3)S[C@@]12C. The van der Waals surface area contributed by atoms with Crippen molar-refractivity contribution >= 4 is 35.3 Å². The maximum Gasteiger partial charge on any atom is 0.223 e. The van der Waals surface area contributed by atoms with Gasteiger partial charge in [0.25, 0.3) is 0 Å². The molecule has 0 unspecified atom stereocenters. The molecule has 6 heteroatoms. The maximum atomic E-state index is 6.26. The van der Waals surface area contributed by atoms with E-state index < -0.39 is 0 Å². The molecule has 0 spiro atoms. The number of allylic oxidation sites excluding steroid dienone is 4. The number of hydrogen-bond acceptors (Lipinski definition) is 6. The van der Waals surface area contributed by atoms with E-state index in [2.05, 4.69) is 86.7 Å². The molecule has 8 rings (SSSR count). The van der Waals surface area contributed by atoms with Gasteiger partial charge in [-0.05, 0) is 91.5 Å². The highest BCUT2D eigenvalue weighted by atomic mass is 32.2. The summed E-state index contributed by atoms with van der Waals surface area (Å²) in [6.07, 6.45) is 10.2. The van der Waals surface area contributed by atoms with Gasteiger partial charge in [0.1, 0.15) is 13.2 Å². The molecule has 6 aliphatic rings. The Balaban J connectivity index is 1.08. The van der Waals surface area contributed by atoms with Crippen molar-refractivity contribution in [2.45, 2.75) is 67.5 Å². The number of hydrogen-bond donors (Lipinski definition) is 0. The molecule has 4 atom stereocenters. The number of benzene rings is 2. The first-order chi connectivity index (χ1) is 20.0. The summed E-state index contributed by atoms with van der Waals surface area (Å²) < 4.78 is 12.3. The van der Waals surface area contributed by atoms with E-state index in [1.54, 1.807) is 11.1 Å². The van der Waals surface area contributed by atoms with Gasteiger partial charge in [-0.3, -0.25) is 0 Å². The smallest absolute Gasteiger partial charge is 0.223 e. The van der Waals surface area contributed by atoms with Gasteiger partial charge in [0.15, 0.2) is 0 Å². The van der Waals surface area contributed by atoms with E-state index in [1.165, 1.54) is 38.5 Å². The summed E-state index contributed by atoms with van der Waals surface area (Å²) in [5.74, 6) is 1.65. The summed E-state index contributed by atoms with van der Waals surface area (Å²) in [6.45, 7) is 6.18. The molecule has 0 amide bonds. The van der Waals surface area contributed by atoms with Crippen LogP contribution >= 0.6 is 23.5 Å². The standard InChI is InChI=1S/C35H34N2O2S2/c1-34-28(18-30(40-34)32-36-24(20-38-32)16-22-10-5-3-6-11-22)26-14-9-15-27(26)29-19-31(41-35(29,34)2)33-37-25(21-39-33)17-23-12-7-4-8-13-23/h3-8,10-13,18-19,24-25H,9,14-17,20-21H2,1-2H3/t24-,25-,34-,35-/m0/s1. The lowest BCUT2D eigenvalue weighted by Crippen LogP contribution is -2.47. The largest absolute Gasteiger partial charge is 0.475 e. The number of fused-ring (bicyclic) bond motifs is 4. The van der Waals surface area contributed by atoms with Crippen LogP contribution in [-0.4, -0.2) is 46.6 Å². The molecule has 208 valence electrons. The second-order valence-electron chi connectivity index (χ2n) is 12.1. The van der Waals surface area contributed by atoms with Crippen LogP contribution in [0.4, 0.5) is 0 Å². The molecule has 0 radical (unpaired) electrons. The van der Waals surface area contributed by atoms with Crippen molar-refractivity contribution in [3.05, 3.63) is 116 Å². The summed E-state index contributed by atoms with van der Waals surface area (Å²) in [5, 5.41) is 0. The van der Waals surface area contributed by atoms with Crippen LogP contribution in [0.3, 0.4) is 0 Å². The van der Waals surface area contributed by atoms with Crippen molar-refractivity contribution in [2.75, 3.05) is 13.2 Å². The lowest BCUT2D eigenvalue weighted by atomic mass is 9.72. The summed E-state index contributed by atoms with van der Waals surface area (Å²) in [7, 11) is 0. The fraction of sp³-hybridized carbons (Fsp3) is 0.371. The third kappa shape index (κ3) is 4.20. The van der Waals surface area contributed by atoms with Gasteiger partial charge >= 0.3 is 0 Å². The van der Waals surface area contributed by atoms with Crippen molar-refractivity contribution in [3.8, 4) is 0 Å². The Hall–Kier alpha value is -2.96. The maximum absolute atomic E-state index is 6.26. The van der Waals surface area contributed by atoms with Gasteiger partial charge in [0.2, 0.25) is 11.8 Å². The van der Waals surface area contributed by atoms with Gasteiger partial charge < -0.3 is 9.47 Å². The molecule has 0 aromatic heterocycles. The summed E-state index contributed by atoms with van der Waals surface area (Å²) in [4.78, 5) is 12.5. The minimum Gasteiger partial charge on any atom is -0.475 e. The van der Waals surface area contributed by atoms with Crippen molar-refractivity contribution in [1.29, 1.82) is 0 Å². The molecule has 0 N–H and O–H groups in total. The zero-order chi connectivity index (χ0) is 27.6. The first-order valence-electron chi connectivity index (χ1n) is 14.8. The molecular formula is C35H34N2O2S2. The van der Waals surface area contributed by atoms with E-state index in [1.807, 2.05) is 23.5 Å². The Kier molecular flexibility index (Phi) is 6.15. The van der Waals surface area contributed by atoms with Crippen molar-refractivity contribution in [1.82, 2.24) is 0 Å². The fourth-order valence-electron chi connectivity index (χ4n) is 7.24. The Bertz CT molecular complexity index is 1480. The van der Waals surface area contributed by atoms with Gasteiger partial charge in [0.05, 0.1) is 31.4 Å². The van der Waals surface area contributed by atoms with Crippen LogP contribution in [0.15, 0.2) is 115 Å². The molecule has 2 aromatic carbocycles. The third-order valence-corrected chi connectivity index (χ3v) is 12.7. The van der Waals surface area contributed by atoms with Crippen LogP contribution in [0, 0.1) is 0 Å². The first kappa shape index (κ1) is 25.7. The van der Waals surface area contributed by atoms with Crippen LogP contribution in [0.1, 0.15) is 44.2 Å². The van der Waals surface area contributed by atoms with E-state index in [4.69, 9.17) is 19.5 Å². The molecule has 2 aromatic rings. The predicted molar refractivity (Wildman–Crippen MR) is 171 cm³/mol. The topological polar surface area (TPSA) is 43.2 Å². The molecule has 1 fully saturated rings. The highest BCUT2D eigenvalue weighted by molar-refractivity contribution is 8.10. The van der Waals surface area contributed by atoms with Gasteiger partial charge in [-0.1, -0.05) is 60.7 Å². The average Bonchev–Trinajstić information content (AvgIpc) is 3.80. The quantitative estimate of drug-likeness (QED) is 0.353. The van der Waals surface area contributed by atoms with E-state index in [0.717, 1.165) is 37.5 Å². The number of nitrogens with zero attached hydrogens (tertiary/aromatic N) is 2. The highest BCUT2D eigenvalue weighted by Gasteiger charge is 2.60. The molecule has 4 nitrogen and oxygen atoms in total. The van der Waals surface area contributed by atoms with Gasteiger partial charge in [0, 0.05) is 0 Å². The molecule has 4 aliphatic heterocycles. The monoisotopic (exact) mass is 578 g/mol. The van der Waals surface area contributed by atoms with Crippen LogP contribution in [0.25, 0.3) is 0 Å². The van der Waals surface area contributed by atoms with Crippen LogP contribution in [0.2, 0.25) is 0 Å². The van der Waals surface area contributed by atoms with Gasteiger partial charge in [-0.2, -0.15) is 0 Å². The minimum atomic E-state index is -0.115. The first-order valence-corrected chi connectivity index (χ1v) is 16.4. The summed E-state index contributed by atoms with van der Waals surface area (Å²) in [5.41, 5.74) is 8.68. The van der Waals surface area contributed by atoms with Crippen molar-refractivity contribution in [2.24, 2.45) is 9.98 Å².